The van der Waals surface area contributed by atoms with Crippen molar-refractivity contribution < 1.29 is 32.6 Å². The number of halogens is 2. The van der Waals surface area contributed by atoms with E-state index in [4.69, 9.17) is 17.2 Å². The Morgan fingerprint density at radius 1 is 1.16 bits per heavy atom. The zero-order valence-corrected chi connectivity index (χ0v) is 23.2. The van der Waals surface area contributed by atoms with Gasteiger partial charge in [0.2, 0.25) is 0 Å². The Kier molecular flexibility index (Phi) is 5.99. The number of fused-ring (bicyclic) bond motifs is 1. The third-order valence-corrected chi connectivity index (χ3v) is 9.38. The smallest absolute Gasteiger partial charge is 0.398 e. The van der Waals surface area contributed by atoms with E-state index in [9.17, 15) is 23.2 Å². The first-order valence-electron chi connectivity index (χ1n) is 13.4. The lowest BCUT2D eigenvalue weighted by Crippen LogP contribution is -2.53. The van der Waals surface area contributed by atoms with Crippen molar-refractivity contribution in [2.24, 2.45) is 11.5 Å². The third-order valence-electron chi connectivity index (χ3n) is 8.13. The number of ether oxygens (including phenoxy) is 2. The van der Waals surface area contributed by atoms with Crippen LogP contribution in [0.25, 0.3) is 10.1 Å². The quantitative estimate of drug-likeness (QED) is 0.254. The Hall–Kier alpha value is -4.60. The molecule has 2 amide bonds. The van der Waals surface area contributed by atoms with Crippen LogP contribution in [0, 0.1) is 0 Å². The van der Waals surface area contributed by atoms with Crippen molar-refractivity contribution in [3.05, 3.63) is 70.6 Å². The predicted octanol–water partition coefficient (Wildman–Crippen LogP) is 2.65. The molecule has 2 aromatic carbocycles. The van der Waals surface area contributed by atoms with E-state index in [1.807, 2.05) is 0 Å². The van der Waals surface area contributed by atoms with Crippen LogP contribution < -0.4 is 32.0 Å². The summed E-state index contributed by atoms with van der Waals surface area (Å²) in [6.07, 6.45) is 1.96. The molecule has 43 heavy (non-hydrogen) atoms. The first-order chi connectivity index (χ1) is 20.5. The van der Waals surface area contributed by atoms with E-state index in [1.54, 1.807) is 23.2 Å². The van der Waals surface area contributed by atoms with Crippen molar-refractivity contribution in [1.82, 2.24) is 19.8 Å². The molecule has 3 aliphatic rings. The number of nitrogens with zero attached hydrogens (tertiary/aromatic N) is 3. The maximum absolute atomic E-state index is 14.0. The molecule has 0 spiro atoms. The number of anilines is 1. The monoisotopic (exact) mass is 609 g/mol. The molecule has 3 unspecified atom stereocenters. The van der Waals surface area contributed by atoms with E-state index in [0.717, 1.165) is 11.3 Å². The number of thiophene rings is 1. The van der Waals surface area contributed by atoms with Gasteiger partial charge in [-0.2, -0.15) is 0 Å². The predicted molar refractivity (Wildman–Crippen MR) is 151 cm³/mol. The number of piperidine rings is 1. The fourth-order valence-corrected chi connectivity index (χ4v) is 7.30. The second kappa shape index (κ2) is 9.45. The Labute approximate surface area is 246 Å². The van der Waals surface area contributed by atoms with Crippen molar-refractivity contribution in [2.75, 3.05) is 18.8 Å². The molecule has 7 N–H and O–H groups in total. The van der Waals surface area contributed by atoms with Gasteiger partial charge in [0.1, 0.15) is 11.9 Å². The lowest BCUT2D eigenvalue weighted by molar-refractivity contribution is -0.286. The molecule has 1 aliphatic carbocycles. The zero-order valence-electron chi connectivity index (χ0n) is 22.4. The van der Waals surface area contributed by atoms with Gasteiger partial charge >= 0.3 is 12.3 Å². The Morgan fingerprint density at radius 3 is 2.72 bits per heavy atom. The molecule has 2 aliphatic heterocycles. The molecule has 7 rings (SSSR count). The average molecular weight is 610 g/mol. The highest BCUT2D eigenvalue weighted by atomic mass is 32.1. The van der Waals surface area contributed by atoms with E-state index in [0.29, 0.717) is 46.3 Å². The van der Waals surface area contributed by atoms with Gasteiger partial charge in [-0.05, 0) is 42.2 Å². The molecule has 1 saturated heterocycles. The van der Waals surface area contributed by atoms with E-state index in [1.165, 1.54) is 35.3 Å². The van der Waals surface area contributed by atoms with Gasteiger partial charge in [-0.3, -0.25) is 14.2 Å². The standard InChI is InChI=1S/C28H25F2N7O5S/c29-28(30)41-17-6-3-13(10-18(17)42-28)27(33)15-4-5-16(31)22-19(15)20(21(32)24(27)38)23(43-22)25(39)35-14-2-1-8-36(11-14)26(40)37-9-7-34-12-37/h3-7,9-10,12,14,21H,1-2,8,11,31-33H2,(H,35,39). The summed E-state index contributed by atoms with van der Waals surface area (Å²) in [7, 11) is 0. The lowest BCUT2D eigenvalue weighted by Gasteiger charge is -2.36. The summed E-state index contributed by atoms with van der Waals surface area (Å²) < 4.78 is 38.4. The van der Waals surface area contributed by atoms with Crippen LogP contribution in [0.5, 0.6) is 11.5 Å². The molecule has 1 fully saturated rings. The second-order valence-electron chi connectivity index (χ2n) is 10.7. The largest absolute Gasteiger partial charge is 0.586 e. The minimum absolute atomic E-state index is 0.159. The van der Waals surface area contributed by atoms with E-state index < -0.39 is 29.6 Å². The summed E-state index contributed by atoms with van der Waals surface area (Å²) >= 11 is 1.09. The average Bonchev–Trinajstić information content (AvgIpc) is 3.72. The van der Waals surface area contributed by atoms with E-state index in [2.05, 4.69) is 19.8 Å². The summed E-state index contributed by atoms with van der Waals surface area (Å²) in [4.78, 5) is 46.3. The highest BCUT2D eigenvalue weighted by Crippen LogP contribution is 2.51. The van der Waals surface area contributed by atoms with E-state index in [-0.39, 0.29) is 40.6 Å². The molecule has 222 valence electrons. The maximum atomic E-state index is 14.0. The molecular formula is C28H25F2N7O5S. The normalized spacial score (nSPS) is 23.9. The number of amides is 2. The molecule has 12 nitrogen and oxygen atoms in total. The van der Waals surface area contributed by atoms with Crippen LogP contribution in [-0.2, 0) is 10.3 Å². The first-order valence-corrected chi connectivity index (χ1v) is 14.2. The fourth-order valence-electron chi connectivity index (χ4n) is 6.10. The maximum Gasteiger partial charge on any atom is 0.586 e. The van der Waals surface area contributed by atoms with Gasteiger partial charge in [0.05, 0.1) is 15.6 Å². The summed E-state index contributed by atoms with van der Waals surface area (Å²) in [6.45, 7) is 0.823. The number of carbonyl (C=O) groups excluding carboxylic acids is 3. The third kappa shape index (κ3) is 4.14. The topological polar surface area (TPSA) is 181 Å². The van der Waals surface area contributed by atoms with Crippen molar-refractivity contribution in [3.8, 4) is 11.5 Å². The molecule has 2 aromatic heterocycles. The van der Waals surface area contributed by atoms with Crippen molar-refractivity contribution in [2.45, 2.75) is 36.8 Å². The van der Waals surface area contributed by atoms with Crippen LogP contribution in [0.3, 0.4) is 0 Å². The molecule has 4 aromatic rings. The van der Waals surface area contributed by atoms with Crippen LogP contribution in [0.1, 0.15) is 45.2 Å². The minimum atomic E-state index is -3.85. The van der Waals surface area contributed by atoms with Crippen LogP contribution in [0.4, 0.5) is 19.3 Å². The molecule has 0 saturated carbocycles. The molecule has 0 radical (unpaired) electrons. The number of imidazole rings is 1. The summed E-state index contributed by atoms with van der Waals surface area (Å²) in [5.74, 6) is -1.57. The Bertz CT molecular complexity index is 1830. The SMILES string of the molecule is Nc1ccc2c3c(c(C(=O)NC4CCCN(C(=O)n5ccnc5)C4)sc13)C(N)C(=O)C2(N)c1ccc2c(c1)OC(F)(F)O2. The number of benzene rings is 2. The number of nitrogens with one attached hydrogen (secondary N) is 1. The number of Topliss-reactive ketones (excluding diaryl/α,β-unsaturated/α-hetero) is 1. The Balaban J connectivity index is 1.25. The van der Waals surface area contributed by atoms with Crippen LogP contribution >= 0.6 is 11.3 Å². The van der Waals surface area contributed by atoms with Crippen molar-refractivity contribution in [3.63, 3.8) is 0 Å². The molecule has 15 heteroatoms. The van der Waals surface area contributed by atoms with Gasteiger partial charge in [-0.1, -0.05) is 12.1 Å². The van der Waals surface area contributed by atoms with Crippen molar-refractivity contribution >= 4 is 44.8 Å². The fraction of sp³-hybridized carbons (Fsp3) is 0.286. The van der Waals surface area contributed by atoms with Crippen LogP contribution in [-0.4, -0.2) is 57.6 Å². The molecular weight excluding hydrogens is 584 g/mol. The van der Waals surface area contributed by atoms with Gasteiger partial charge in [-0.25, -0.2) is 9.78 Å². The number of rotatable bonds is 3. The Morgan fingerprint density at radius 2 is 1.95 bits per heavy atom. The number of ketones is 1. The van der Waals surface area contributed by atoms with Crippen LogP contribution in [0.2, 0.25) is 0 Å². The number of nitrogen functional groups attached to an aromatic ring is 1. The molecule has 4 heterocycles. The number of hydrogen-bond donors (Lipinski definition) is 4. The summed E-state index contributed by atoms with van der Waals surface area (Å²) in [6, 6.07) is 5.12. The summed E-state index contributed by atoms with van der Waals surface area (Å²) in [5, 5.41) is 3.47. The number of carbonyl (C=O) groups is 3. The van der Waals surface area contributed by atoms with E-state index >= 15 is 0 Å². The second-order valence-corrected chi connectivity index (χ2v) is 11.8. The van der Waals surface area contributed by atoms with Gasteiger partial charge in [0.15, 0.2) is 17.3 Å². The van der Waals surface area contributed by atoms with Gasteiger partial charge in [-0.15, -0.1) is 20.1 Å². The first kappa shape index (κ1) is 27.2. The van der Waals surface area contributed by atoms with Crippen LogP contribution in [0.15, 0.2) is 49.1 Å². The minimum Gasteiger partial charge on any atom is -0.398 e. The number of hydrogen-bond acceptors (Lipinski definition) is 10. The number of aromatic nitrogens is 2. The molecule has 3 atom stereocenters. The highest BCUT2D eigenvalue weighted by Gasteiger charge is 2.50. The van der Waals surface area contributed by atoms with Gasteiger partial charge < -0.3 is 36.9 Å². The lowest BCUT2D eigenvalue weighted by atomic mass is 9.70. The zero-order chi connectivity index (χ0) is 30.3. The van der Waals surface area contributed by atoms with Gasteiger partial charge in [0, 0.05) is 48.2 Å². The highest BCUT2D eigenvalue weighted by molar-refractivity contribution is 7.21. The number of nitrogens with two attached hydrogens (primary N) is 3. The number of alkyl halides is 2. The van der Waals surface area contributed by atoms with Crippen molar-refractivity contribution in [1.29, 1.82) is 0 Å². The summed E-state index contributed by atoms with van der Waals surface area (Å²) in [5.41, 5.74) is 18.9. The molecule has 0 bridgehead atoms. The number of likely N-dealkylation sites (tertiary alicyclic amines) is 1. The van der Waals surface area contributed by atoms with Gasteiger partial charge in [0.25, 0.3) is 5.91 Å².